The van der Waals surface area contributed by atoms with Crippen molar-refractivity contribution in [1.82, 2.24) is 0 Å². The molecule has 0 heterocycles. The third-order valence-corrected chi connectivity index (χ3v) is 15.0. The second kappa shape index (κ2) is 8.94. The van der Waals surface area contributed by atoms with Gasteiger partial charge >= 0.3 is 0 Å². The van der Waals surface area contributed by atoms with Gasteiger partial charge in [0.05, 0.1) is 52.8 Å². The Bertz CT molecular complexity index is 422. The highest BCUT2D eigenvalue weighted by molar-refractivity contribution is 7.00. The van der Waals surface area contributed by atoms with Crippen molar-refractivity contribution in [2.75, 3.05) is 0 Å². The molecule has 0 fully saturated rings. The average Bonchev–Trinajstić information content (AvgIpc) is 2.42. The quantitative estimate of drug-likeness (QED) is 0.611. The minimum atomic E-state index is -0.418. The molecule has 1 aromatic rings. The zero-order valence-electron chi connectivity index (χ0n) is 18.0. The first-order chi connectivity index (χ1) is 10.9. The van der Waals surface area contributed by atoms with Crippen LogP contribution in [0.25, 0.3) is 0 Å². The van der Waals surface area contributed by atoms with Gasteiger partial charge in [-0.25, -0.2) is 0 Å². The van der Waals surface area contributed by atoms with Gasteiger partial charge in [-0.05, 0) is 0 Å². The summed E-state index contributed by atoms with van der Waals surface area (Å²) in [6, 6.07) is 0. The molecule has 0 aromatic heterocycles. The number of rotatable bonds is 6. The lowest BCUT2D eigenvalue weighted by atomic mass is 10.3. The molecular weight excluding hydrogens is 385 g/mol. The topological polar surface area (TPSA) is 0 Å². The van der Waals surface area contributed by atoms with E-state index in [0.717, 1.165) is 0 Å². The maximum atomic E-state index is 2.55. The molecule has 0 spiro atoms. The van der Waals surface area contributed by atoms with Crippen LogP contribution in [-0.4, -0.2) is 52.8 Å². The molecule has 0 nitrogen and oxygen atoms in total. The summed E-state index contributed by atoms with van der Waals surface area (Å²) in [5.74, 6) is 0. The molecule has 0 amide bonds. The Morgan fingerprint density at radius 1 is 0.250 bits per heavy atom. The third-order valence-electron chi connectivity index (χ3n) is 4.50. The zero-order chi connectivity index (χ0) is 18.9. The van der Waals surface area contributed by atoms with Gasteiger partial charge in [0, 0.05) is 0 Å². The van der Waals surface area contributed by atoms with Gasteiger partial charge in [-0.15, -0.1) is 0 Å². The van der Waals surface area contributed by atoms with Gasteiger partial charge < -0.3 is 0 Å². The summed E-state index contributed by atoms with van der Waals surface area (Å²) in [5.41, 5.74) is 0. The lowest BCUT2D eigenvalue weighted by Crippen LogP contribution is -2.76. The first-order valence-corrected chi connectivity index (χ1v) is 24.0. The monoisotopic (exact) mass is 420 g/mol. The smallest absolute Gasteiger partial charge is 0.0671 e. The summed E-state index contributed by atoms with van der Waals surface area (Å²) in [6.07, 6.45) is 0. The Labute approximate surface area is 162 Å². The van der Waals surface area contributed by atoms with E-state index in [2.05, 4.69) is 78.6 Å². The molecule has 0 aliphatic heterocycles. The van der Waals surface area contributed by atoms with Crippen LogP contribution < -0.4 is 31.1 Å². The summed E-state index contributed by atoms with van der Waals surface area (Å²) < 4.78 is 0. The molecular formula is C18H36Si6. The van der Waals surface area contributed by atoms with Gasteiger partial charge in [-0.3, -0.25) is 0 Å². The van der Waals surface area contributed by atoms with Crippen molar-refractivity contribution in [1.29, 1.82) is 0 Å². The van der Waals surface area contributed by atoms with Gasteiger partial charge in [0.25, 0.3) is 0 Å². The minimum absolute atomic E-state index is 0.418. The van der Waals surface area contributed by atoms with E-state index in [9.17, 15) is 0 Å². The summed E-state index contributed by atoms with van der Waals surface area (Å²) in [6.45, 7) is 30.6. The molecule has 0 aliphatic carbocycles. The maximum Gasteiger partial charge on any atom is 0.0788 e. The standard InChI is InChI=1S/C18H36Si6/c1-19(2)13-14(20(3)4)16(22(7)8)18(24(11)12)17(23(9)10)15(13)21(5)6/h1-12H3. The summed E-state index contributed by atoms with van der Waals surface area (Å²) in [5, 5.41) is 11.5. The number of hydrogen-bond acceptors (Lipinski definition) is 0. The van der Waals surface area contributed by atoms with E-state index in [1.807, 2.05) is 31.1 Å². The number of hydrogen-bond donors (Lipinski definition) is 0. The van der Waals surface area contributed by atoms with Gasteiger partial charge in [0.2, 0.25) is 0 Å². The van der Waals surface area contributed by atoms with Crippen LogP contribution in [-0.2, 0) is 0 Å². The highest BCUT2D eigenvalue weighted by Crippen LogP contribution is 1.96. The van der Waals surface area contributed by atoms with Crippen LogP contribution in [0.2, 0.25) is 78.6 Å². The molecule has 0 unspecified atom stereocenters. The minimum Gasteiger partial charge on any atom is -0.0671 e. The molecule has 0 aliphatic rings. The van der Waals surface area contributed by atoms with Crippen molar-refractivity contribution in [2.24, 2.45) is 0 Å². The van der Waals surface area contributed by atoms with Crippen LogP contribution in [0, 0.1) is 0 Å². The van der Waals surface area contributed by atoms with Gasteiger partial charge in [0.1, 0.15) is 0 Å². The molecule has 0 saturated carbocycles. The molecule has 132 valence electrons. The van der Waals surface area contributed by atoms with Crippen LogP contribution in [0.1, 0.15) is 0 Å². The van der Waals surface area contributed by atoms with Crippen LogP contribution >= 0.6 is 0 Å². The van der Waals surface area contributed by atoms with Gasteiger partial charge in [0.15, 0.2) is 0 Å². The van der Waals surface area contributed by atoms with Crippen molar-refractivity contribution in [3.63, 3.8) is 0 Å². The molecule has 0 bridgehead atoms. The highest BCUT2D eigenvalue weighted by atomic mass is 28.3. The molecule has 1 aromatic carbocycles. The van der Waals surface area contributed by atoms with Crippen LogP contribution in [0.3, 0.4) is 0 Å². The van der Waals surface area contributed by atoms with Gasteiger partial charge in [-0.1, -0.05) is 110 Å². The lowest BCUT2D eigenvalue weighted by Gasteiger charge is -2.34. The Balaban J connectivity index is 4.24. The largest absolute Gasteiger partial charge is 0.0788 e. The zero-order valence-corrected chi connectivity index (χ0v) is 24.0. The Morgan fingerprint density at radius 3 is 0.375 bits per heavy atom. The second-order valence-corrected chi connectivity index (χ2v) is 23.2. The second-order valence-electron chi connectivity index (χ2n) is 8.25. The average molecular weight is 421 g/mol. The lowest BCUT2D eigenvalue weighted by molar-refractivity contribution is 1.81. The molecule has 6 heteroatoms. The first kappa shape index (κ1) is 22.6. The van der Waals surface area contributed by atoms with Crippen LogP contribution in [0.4, 0.5) is 0 Å². The van der Waals surface area contributed by atoms with E-state index >= 15 is 0 Å². The molecule has 0 atom stereocenters. The SMILES string of the molecule is C[Si](C)c1c([Si](C)C)c([Si](C)C)c([Si](C)C)c([Si](C)C)c1[Si](C)C. The molecule has 6 radical (unpaired) electrons. The normalized spacial score (nSPS) is 12.8. The van der Waals surface area contributed by atoms with Gasteiger partial charge in [-0.2, -0.15) is 0 Å². The van der Waals surface area contributed by atoms with E-state index in [4.69, 9.17) is 0 Å². The molecule has 24 heavy (non-hydrogen) atoms. The predicted octanol–water partition coefficient (Wildman–Crippen LogP) is 1.46. The van der Waals surface area contributed by atoms with E-state index in [1.165, 1.54) is 0 Å². The summed E-state index contributed by atoms with van der Waals surface area (Å²) in [4.78, 5) is 0. The fourth-order valence-electron chi connectivity index (χ4n) is 3.75. The molecule has 0 saturated heterocycles. The van der Waals surface area contributed by atoms with Crippen molar-refractivity contribution >= 4 is 83.9 Å². The van der Waals surface area contributed by atoms with E-state index in [1.54, 1.807) is 0 Å². The summed E-state index contributed by atoms with van der Waals surface area (Å²) in [7, 11) is -2.51. The van der Waals surface area contributed by atoms with Crippen molar-refractivity contribution in [3.8, 4) is 0 Å². The number of benzene rings is 1. The van der Waals surface area contributed by atoms with E-state index in [-0.39, 0.29) is 0 Å². The Morgan fingerprint density at radius 2 is 0.333 bits per heavy atom. The van der Waals surface area contributed by atoms with Crippen molar-refractivity contribution in [2.45, 2.75) is 78.6 Å². The van der Waals surface area contributed by atoms with Crippen LogP contribution in [0.5, 0.6) is 0 Å². The predicted molar refractivity (Wildman–Crippen MR) is 129 cm³/mol. The van der Waals surface area contributed by atoms with Crippen LogP contribution in [0.15, 0.2) is 0 Å². The highest BCUT2D eigenvalue weighted by Gasteiger charge is 2.31. The fourth-order valence-corrected chi connectivity index (χ4v) is 21.0. The molecule has 0 N–H and O–H groups in total. The van der Waals surface area contributed by atoms with Crippen molar-refractivity contribution < 1.29 is 0 Å². The van der Waals surface area contributed by atoms with E-state index < -0.39 is 52.8 Å². The van der Waals surface area contributed by atoms with E-state index in [0.29, 0.717) is 0 Å². The van der Waals surface area contributed by atoms with Crippen molar-refractivity contribution in [3.05, 3.63) is 0 Å². The Kier molecular flexibility index (Phi) is 8.41. The fraction of sp³-hybridized carbons (Fsp3) is 0.667. The maximum absolute atomic E-state index is 2.55. The first-order valence-electron chi connectivity index (χ1n) is 9.00. The Hall–Kier alpha value is 0.521. The molecule has 1 rings (SSSR count). The third kappa shape index (κ3) is 4.43. The summed E-state index contributed by atoms with van der Waals surface area (Å²) >= 11 is 0.